The molecule has 90 valence electrons. The molecule has 1 aliphatic rings. The van der Waals surface area contributed by atoms with E-state index in [1.54, 1.807) is 0 Å². The van der Waals surface area contributed by atoms with Gasteiger partial charge in [0.05, 0.1) is 11.6 Å². The molecule has 1 fully saturated rings. The number of hydrogen-bond donors (Lipinski definition) is 1. The molecule has 0 aliphatic carbocycles. The number of likely N-dealkylation sites (N-methyl/N-ethyl adjacent to an activating group) is 1. The van der Waals surface area contributed by atoms with E-state index in [9.17, 15) is 0 Å². The summed E-state index contributed by atoms with van der Waals surface area (Å²) in [5.41, 5.74) is 1.78. The van der Waals surface area contributed by atoms with Crippen molar-refractivity contribution in [2.75, 3.05) is 25.0 Å². The van der Waals surface area contributed by atoms with Gasteiger partial charge in [-0.15, -0.1) is 0 Å². The van der Waals surface area contributed by atoms with Crippen LogP contribution in [0, 0.1) is 11.3 Å². The van der Waals surface area contributed by atoms with Crippen molar-refractivity contribution in [1.29, 1.82) is 5.26 Å². The minimum Gasteiger partial charge on any atom is -0.373 e. The van der Waals surface area contributed by atoms with Gasteiger partial charge in [0.25, 0.3) is 0 Å². The van der Waals surface area contributed by atoms with Crippen molar-refractivity contribution in [3.05, 3.63) is 28.2 Å². The predicted octanol–water partition coefficient (Wildman–Crippen LogP) is 2.51. The maximum absolute atomic E-state index is 8.95. The Morgan fingerprint density at radius 2 is 2.35 bits per heavy atom. The van der Waals surface area contributed by atoms with Crippen LogP contribution >= 0.6 is 15.9 Å². The number of rotatable bonds is 3. The quantitative estimate of drug-likeness (QED) is 0.931. The van der Waals surface area contributed by atoms with Crippen LogP contribution in [0.1, 0.15) is 18.4 Å². The van der Waals surface area contributed by atoms with E-state index in [0.717, 1.165) is 23.2 Å². The first-order valence-electron chi connectivity index (χ1n) is 5.84. The fraction of sp³-hybridized carbons (Fsp3) is 0.462. The van der Waals surface area contributed by atoms with Gasteiger partial charge < -0.3 is 10.2 Å². The van der Waals surface area contributed by atoms with Crippen LogP contribution in [0.5, 0.6) is 0 Å². The number of hydrogen-bond acceptors (Lipinski definition) is 3. The molecule has 1 aromatic carbocycles. The number of halogens is 1. The maximum Gasteiger partial charge on any atom is 0.0992 e. The van der Waals surface area contributed by atoms with Crippen LogP contribution in [0.15, 0.2) is 22.7 Å². The van der Waals surface area contributed by atoms with Crippen LogP contribution in [0.4, 0.5) is 5.69 Å². The average Bonchev–Trinajstić information content (AvgIpc) is 2.81. The molecule has 0 aromatic heterocycles. The third-order valence-corrected chi connectivity index (χ3v) is 3.57. The first kappa shape index (κ1) is 12.4. The van der Waals surface area contributed by atoms with Gasteiger partial charge in [0, 0.05) is 29.8 Å². The van der Waals surface area contributed by atoms with Gasteiger partial charge in [-0.1, -0.05) is 15.9 Å². The third-order valence-electron chi connectivity index (χ3n) is 3.11. The van der Waals surface area contributed by atoms with Crippen molar-refractivity contribution in [3.8, 4) is 6.07 Å². The Hall–Kier alpha value is -1.05. The van der Waals surface area contributed by atoms with Crippen LogP contribution in [0.2, 0.25) is 0 Å². The average molecular weight is 294 g/mol. The molecular weight excluding hydrogens is 278 g/mol. The van der Waals surface area contributed by atoms with Crippen molar-refractivity contribution in [2.45, 2.75) is 18.9 Å². The Kier molecular flexibility index (Phi) is 4.03. The molecule has 1 N–H and O–H groups in total. The van der Waals surface area contributed by atoms with Crippen molar-refractivity contribution < 1.29 is 0 Å². The summed E-state index contributed by atoms with van der Waals surface area (Å²) in [7, 11) is 2.07. The van der Waals surface area contributed by atoms with Gasteiger partial charge >= 0.3 is 0 Å². The van der Waals surface area contributed by atoms with E-state index in [0.29, 0.717) is 11.6 Å². The first-order valence-corrected chi connectivity index (χ1v) is 6.63. The van der Waals surface area contributed by atoms with E-state index >= 15 is 0 Å². The number of anilines is 1. The van der Waals surface area contributed by atoms with Crippen LogP contribution in [0.25, 0.3) is 0 Å². The zero-order chi connectivity index (χ0) is 12.3. The number of nitrogens with one attached hydrogen (secondary N) is 1. The van der Waals surface area contributed by atoms with Gasteiger partial charge in [-0.3, -0.25) is 0 Å². The van der Waals surface area contributed by atoms with E-state index in [2.05, 4.69) is 45.3 Å². The fourth-order valence-electron chi connectivity index (χ4n) is 2.21. The SMILES string of the molecule is CN(CC1CCCN1)c1cc(Br)cc(C#N)c1. The summed E-state index contributed by atoms with van der Waals surface area (Å²) < 4.78 is 0.956. The third kappa shape index (κ3) is 3.21. The molecule has 1 unspecified atom stereocenters. The van der Waals surface area contributed by atoms with Crippen LogP contribution in [-0.2, 0) is 0 Å². The van der Waals surface area contributed by atoms with Gasteiger partial charge in [-0.25, -0.2) is 0 Å². The van der Waals surface area contributed by atoms with Gasteiger partial charge in [-0.2, -0.15) is 5.26 Å². The zero-order valence-electron chi connectivity index (χ0n) is 9.91. The highest BCUT2D eigenvalue weighted by Crippen LogP contribution is 2.22. The molecule has 0 spiro atoms. The van der Waals surface area contributed by atoms with Gasteiger partial charge in [0.15, 0.2) is 0 Å². The Labute approximate surface area is 111 Å². The summed E-state index contributed by atoms with van der Waals surface area (Å²) in [5.74, 6) is 0. The lowest BCUT2D eigenvalue weighted by atomic mass is 10.1. The number of benzene rings is 1. The molecule has 17 heavy (non-hydrogen) atoms. The summed E-state index contributed by atoms with van der Waals surface area (Å²) in [4.78, 5) is 2.20. The molecule has 0 amide bonds. The summed E-state index contributed by atoms with van der Waals surface area (Å²) >= 11 is 3.44. The number of nitriles is 1. The molecule has 2 rings (SSSR count). The van der Waals surface area contributed by atoms with Crippen molar-refractivity contribution in [1.82, 2.24) is 5.32 Å². The van der Waals surface area contributed by atoms with E-state index in [1.165, 1.54) is 12.8 Å². The highest BCUT2D eigenvalue weighted by atomic mass is 79.9. The molecule has 0 saturated carbocycles. The number of nitrogens with zero attached hydrogens (tertiary/aromatic N) is 2. The monoisotopic (exact) mass is 293 g/mol. The van der Waals surface area contributed by atoms with E-state index < -0.39 is 0 Å². The van der Waals surface area contributed by atoms with Crippen molar-refractivity contribution in [3.63, 3.8) is 0 Å². The maximum atomic E-state index is 8.95. The first-order chi connectivity index (χ1) is 8.19. The Balaban J connectivity index is 2.10. The van der Waals surface area contributed by atoms with E-state index in [-0.39, 0.29) is 0 Å². The van der Waals surface area contributed by atoms with Gasteiger partial charge in [0.2, 0.25) is 0 Å². The Morgan fingerprint density at radius 3 is 3.00 bits per heavy atom. The van der Waals surface area contributed by atoms with Crippen molar-refractivity contribution in [2.24, 2.45) is 0 Å². The Bertz CT molecular complexity index is 433. The summed E-state index contributed by atoms with van der Waals surface area (Å²) in [6.45, 7) is 2.11. The molecule has 1 aromatic rings. The highest BCUT2D eigenvalue weighted by molar-refractivity contribution is 9.10. The molecule has 0 radical (unpaired) electrons. The van der Waals surface area contributed by atoms with Crippen LogP contribution in [-0.4, -0.2) is 26.2 Å². The van der Waals surface area contributed by atoms with Gasteiger partial charge in [0.1, 0.15) is 0 Å². The molecule has 4 heteroatoms. The summed E-state index contributed by atoms with van der Waals surface area (Å²) in [5, 5.41) is 12.4. The predicted molar refractivity (Wildman–Crippen MR) is 73.2 cm³/mol. The molecule has 0 bridgehead atoms. The topological polar surface area (TPSA) is 39.1 Å². The van der Waals surface area contributed by atoms with Crippen LogP contribution < -0.4 is 10.2 Å². The molecule has 3 nitrogen and oxygen atoms in total. The fourth-order valence-corrected chi connectivity index (χ4v) is 2.69. The summed E-state index contributed by atoms with van der Waals surface area (Å²) in [6, 6.07) is 8.58. The van der Waals surface area contributed by atoms with Gasteiger partial charge in [-0.05, 0) is 37.6 Å². The lowest BCUT2D eigenvalue weighted by Crippen LogP contribution is -2.35. The molecular formula is C13H16BrN3. The molecule has 1 heterocycles. The van der Waals surface area contributed by atoms with E-state index in [1.807, 2.05) is 12.1 Å². The van der Waals surface area contributed by atoms with Crippen molar-refractivity contribution >= 4 is 21.6 Å². The normalized spacial score (nSPS) is 19.0. The molecule has 1 atom stereocenters. The summed E-state index contributed by atoms with van der Waals surface area (Å²) in [6.07, 6.45) is 2.50. The standard InChI is InChI=1S/C13H16BrN3/c1-17(9-12-3-2-4-16-12)13-6-10(8-15)5-11(14)7-13/h5-7,12,16H,2-4,9H2,1H3. The Morgan fingerprint density at radius 1 is 1.53 bits per heavy atom. The lowest BCUT2D eigenvalue weighted by Gasteiger charge is -2.23. The molecule has 1 aliphatic heterocycles. The second-order valence-corrected chi connectivity index (χ2v) is 5.40. The minimum absolute atomic E-state index is 0.574. The minimum atomic E-state index is 0.574. The second-order valence-electron chi connectivity index (χ2n) is 4.48. The lowest BCUT2D eigenvalue weighted by molar-refractivity contribution is 0.600. The van der Waals surface area contributed by atoms with Crippen LogP contribution in [0.3, 0.4) is 0 Å². The molecule has 1 saturated heterocycles. The second kappa shape index (κ2) is 5.52. The zero-order valence-corrected chi connectivity index (χ0v) is 11.5. The van der Waals surface area contributed by atoms with E-state index in [4.69, 9.17) is 5.26 Å². The smallest absolute Gasteiger partial charge is 0.0992 e. The highest BCUT2D eigenvalue weighted by Gasteiger charge is 2.16. The largest absolute Gasteiger partial charge is 0.373 e.